The minimum absolute atomic E-state index is 0.0280. The van der Waals surface area contributed by atoms with E-state index in [2.05, 4.69) is 16.0 Å². The highest BCUT2D eigenvalue weighted by Crippen LogP contribution is 2.09. The van der Waals surface area contributed by atoms with Gasteiger partial charge >= 0.3 is 5.97 Å². The number of aliphatic carboxylic acids is 1. The van der Waals surface area contributed by atoms with E-state index in [-0.39, 0.29) is 18.8 Å². The Hall–Kier alpha value is -4.25. The molecule has 0 saturated heterocycles. The lowest BCUT2D eigenvalue weighted by atomic mass is 10.0. The first-order chi connectivity index (χ1) is 18.5. The topological polar surface area (TPSA) is 194 Å². The number of rotatable bonds is 15. The van der Waals surface area contributed by atoms with E-state index in [9.17, 15) is 29.1 Å². The second kappa shape index (κ2) is 15.2. The molecule has 11 nitrogen and oxygen atoms in total. The maximum absolute atomic E-state index is 13.5. The van der Waals surface area contributed by atoms with E-state index >= 15 is 0 Å². The van der Waals surface area contributed by atoms with E-state index in [1.165, 1.54) is 0 Å². The minimum atomic E-state index is -1.57. The van der Waals surface area contributed by atoms with Crippen molar-refractivity contribution in [2.45, 2.75) is 63.7 Å². The van der Waals surface area contributed by atoms with Crippen LogP contribution in [0.2, 0.25) is 0 Å². The third kappa shape index (κ3) is 10.9. The van der Waals surface area contributed by atoms with Gasteiger partial charge in [0.15, 0.2) is 0 Å². The Morgan fingerprint density at radius 2 is 1.13 bits per heavy atom. The molecule has 0 bridgehead atoms. The Morgan fingerprint density at radius 1 is 0.718 bits per heavy atom. The van der Waals surface area contributed by atoms with E-state index in [0.29, 0.717) is 12.0 Å². The van der Waals surface area contributed by atoms with Crippen LogP contribution in [-0.4, -0.2) is 58.9 Å². The SMILES string of the molecule is CC(C)CC(N)C(=O)NC(Cc1ccccc1)C(=O)NC(Cc1ccccc1)C(=O)NC(CC(N)=O)C(=O)O. The monoisotopic (exact) mass is 539 g/mol. The Kier molecular flexibility index (Phi) is 12.1. The van der Waals surface area contributed by atoms with Gasteiger partial charge in [-0.05, 0) is 23.5 Å². The first-order valence-electron chi connectivity index (χ1n) is 12.7. The molecule has 4 amide bonds. The van der Waals surface area contributed by atoms with Crippen LogP contribution in [0.15, 0.2) is 60.7 Å². The summed E-state index contributed by atoms with van der Waals surface area (Å²) in [5.74, 6) is -4.16. The summed E-state index contributed by atoms with van der Waals surface area (Å²) in [4.78, 5) is 62.4. The van der Waals surface area contributed by atoms with Gasteiger partial charge in [0.1, 0.15) is 18.1 Å². The van der Waals surface area contributed by atoms with Crippen LogP contribution in [0.25, 0.3) is 0 Å². The number of nitrogens with one attached hydrogen (secondary N) is 3. The van der Waals surface area contributed by atoms with Crippen molar-refractivity contribution >= 4 is 29.6 Å². The molecule has 2 aromatic rings. The van der Waals surface area contributed by atoms with Gasteiger partial charge in [-0.1, -0.05) is 74.5 Å². The maximum atomic E-state index is 13.5. The molecule has 8 N–H and O–H groups in total. The fraction of sp³-hybridized carbons (Fsp3) is 0.393. The quantitative estimate of drug-likeness (QED) is 0.187. The smallest absolute Gasteiger partial charge is 0.326 e. The van der Waals surface area contributed by atoms with Gasteiger partial charge < -0.3 is 32.5 Å². The van der Waals surface area contributed by atoms with Crippen molar-refractivity contribution in [2.24, 2.45) is 17.4 Å². The first-order valence-corrected chi connectivity index (χ1v) is 12.7. The van der Waals surface area contributed by atoms with Gasteiger partial charge in [-0.15, -0.1) is 0 Å². The van der Waals surface area contributed by atoms with Gasteiger partial charge in [0.05, 0.1) is 12.5 Å². The van der Waals surface area contributed by atoms with E-state index in [1.807, 2.05) is 19.9 Å². The van der Waals surface area contributed by atoms with Crippen LogP contribution in [-0.2, 0) is 36.8 Å². The summed E-state index contributed by atoms with van der Waals surface area (Å²) in [5, 5.41) is 17.1. The number of carboxylic acids is 1. The minimum Gasteiger partial charge on any atom is -0.480 e. The molecule has 0 aromatic heterocycles. The molecule has 0 saturated carbocycles. The number of primary amides is 1. The normalized spacial score (nSPS) is 13.9. The molecule has 0 spiro atoms. The molecule has 39 heavy (non-hydrogen) atoms. The summed E-state index contributed by atoms with van der Waals surface area (Å²) in [6, 6.07) is 13.1. The third-order valence-corrected chi connectivity index (χ3v) is 5.91. The van der Waals surface area contributed by atoms with E-state index in [1.54, 1.807) is 54.6 Å². The first kappa shape index (κ1) is 31.0. The summed E-state index contributed by atoms with van der Waals surface area (Å²) in [5.41, 5.74) is 12.6. The predicted octanol–water partition coefficient (Wildman–Crippen LogP) is 0.260. The lowest BCUT2D eigenvalue weighted by Gasteiger charge is -2.25. The van der Waals surface area contributed by atoms with Crippen molar-refractivity contribution in [2.75, 3.05) is 0 Å². The molecular weight excluding hydrogens is 502 g/mol. The molecule has 2 aromatic carbocycles. The number of carbonyl (C=O) groups excluding carboxylic acids is 4. The lowest BCUT2D eigenvalue weighted by Crippen LogP contribution is -2.58. The molecule has 0 aliphatic heterocycles. The molecule has 0 radical (unpaired) electrons. The Bertz CT molecular complexity index is 1130. The summed E-state index contributed by atoms with van der Waals surface area (Å²) < 4.78 is 0. The average Bonchev–Trinajstić information content (AvgIpc) is 2.87. The maximum Gasteiger partial charge on any atom is 0.326 e. The molecule has 210 valence electrons. The highest BCUT2D eigenvalue weighted by molar-refractivity contribution is 5.95. The fourth-order valence-corrected chi connectivity index (χ4v) is 3.96. The molecule has 0 heterocycles. The fourth-order valence-electron chi connectivity index (χ4n) is 3.96. The van der Waals surface area contributed by atoms with Gasteiger partial charge in [0.25, 0.3) is 0 Å². The van der Waals surface area contributed by atoms with E-state index in [0.717, 1.165) is 5.56 Å². The third-order valence-electron chi connectivity index (χ3n) is 5.91. The summed E-state index contributed by atoms with van der Waals surface area (Å²) in [7, 11) is 0. The van der Waals surface area contributed by atoms with Crippen LogP contribution in [0.4, 0.5) is 0 Å². The van der Waals surface area contributed by atoms with Gasteiger partial charge in [-0.3, -0.25) is 19.2 Å². The number of nitrogens with two attached hydrogens (primary N) is 2. The van der Waals surface area contributed by atoms with Crippen molar-refractivity contribution in [1.82, 2.24) is 16.0 Å². The highest BCUT2D eigenvalue weighted by atomic mass is 16.4. The Labute approximate surface area is 227 Å². The number of benzene rings is 2. The van der Waals surface area contributed by atoms with Crippen molar-refractivity contribution in [1.29, 1.82) is 0 Å². The van der Waals surface area contributed by atoms with E-state index in [4.69, 9.17) is 11.5 Å². The summed E-state index contributed by atoms with van der Waals surface area (Å²) >= 11 is 0. The molecule has 11 heteroatoms. The van der Waals surface area contributed by atoms with Crippen LogP contribution < -0.4 is 27.4 Å². The Balaban J connectivity index is 2.30. The molecule has 0 aliphatic rings. The van der Waals surface area contributed by atoms with Gasteiger partial charge in [0, 0.05) is 12.8 Å². The number of hydrogen-bond acceptors (Lipinski definition) is 6. The number of carboxylic acid groups (broad SMARTS) is 1. The number of carbonyl (C=O) groups is 5. The molecule has 2 rings (SSSR count). The zero-order valence-electron chi connectivity index (χ0n) is 22.1. The second-order valence-corrected chi connectivity index (χ2v) is 9.81. The van der Waals surface area contributed by atoms with Crippen LogP contribution in [0.5, 0.6) is 0 Å². The zero-order valence-corrected chi connectivity index (χ0v) is 22.1. The van der Waals surface area contributed by atoms with Crippen LogP contribution in [0.3, 0.4) is 0 Å². The second-order valence-electron chi connectivity index (χ2n) is 9.81. The predicted molar refractivity (Wildman–Crippen MR) is 145 cm³/mol. The van der Waals surface area contributed by atoms with Gasteiger partial charge in [-0.2, -0.15) is 0 Å². The van der Waals surface area contributed by atoms with E-state index < -0.39 is 60.2 Å². The number of hydrogen-bond donors (Lipinski definition) is 6. The average molecular weight is 540 g/mol. The van der Waals surface area contributed by atoms with Crippen molar-refractivity contribution in [3.63, 3.8) is 0 Å². The van der Waals surface area contributed by atoms with Crippen molar-refractivity contribution < 1.29 is 29.1 Å². The summed E-state index contributed by atoms with van der Waals surface area (Å²) in [6.07, 6.45) is -0.0411. The van der Waals surface area contributed by atoms with Gasteiger partial charge in [0.2, 0.25) is 23.6 Å². The lowest BCUT2D eigenvalue weighted by molar-refractivity contribution is -0.143. The molecule has 4 unspecified atom stereocenters. The zero-order chi connectivity index (χ0) is 28.9. The highest BCUT2D eigenvalue weighted by Gasteiger charge is 2.31. The largest absolute Gasteiger partial charge is 0.480 e. The van der Waals surface area contributed by atoms with Crippen LogP contribution in [0, 0.1) is 5.92 Å². The van der Waals surface area contributed by atoms with Crippen molar-refractivity contribution in [3.05, 3.63) is 71.8 Å². The number of amides is 4. The van der Waals surface area contributed by atoms with Crippen molar-refractivity contribution in [3.8, 4) is 0 Å². The Morgan fingerprint density at radius 3 is 1.51 bits per heavy atom. The van der Waals surface area contributed by atoms with Crippen LogP contribution in [0.1, 0.15) is 37.8 Å². The van der Waals surface area contributed by atoms with Crippen LogP contribution >= 0.6 is 0 Å². The standard InChI is InChI=1S/C28H37N5O6/c1-17(2)13-20(29)25(35)31-21(14-18-9-5-3-6-10-18)26(36)32-22(15-19-11-7-4-8-12-19)27(37)33-23(28(38)39)16-24(30)34/h3-12,17,20-23H,13-16,29H2,1-2H3,(H2,30,34)(H,31,35)(H,32,36)(H,33,37)(H,38,39). The van der Waals surface area contributed by atoms with Gasteiger partial charge in [-0.25, -0.2) is 4.79 Å². The molecule has 4 atom stereocenters. The molecule has 0 aliphatic carbocycles. The molecule has 0 fully saturated rings. The molecular formula is C28H37N5O6. The summed E-state index contributed by atoms with van der Waals surface area (Å²) in [6.45, 7) is 3.85.